The van der Waals surface area contributed by atoms with Crippen molar-refractivity contribution >= 4 is 11.6 Å². The Bertz CT molecular complexity index is 472. The van der Waals surface area contributed by atoms with Gasteiger partial charge in [-0.15, -0.1) is 0 Å². The zero-order valence-electron chi connectivity index (χ0n) is 13.1. The number of nitrogens with one attached hydrogen (secondary N) is 1. The molecule has 1 aliphatic heterocycles. The Morgan fingerprint density at radius 2 is 2.33 bits per heavy atom. The first-order valence-electron chi connectivity index (χ1n) is 7.66. The van der Waals surface area contributed by atoms with E-state index in [0.717, 1.165) is 31.6 Å². The maximum Gasteiger partial charge on any atom is 0.222 e. The van der Waals surface area contributed by atoms with Gasteiger partial charge in [0.05, 0.1) is 24.4 Å². The topological polar surface area (TPSA) is 70.4 Å². The van der Waals surface area contributed by atoms with E-state index in [1.807, 2.05) is 33.3 Å². The van der Waals surface area contributed by atoms with E-state index < -0.39 is 6.10 Å². The summed E-state index contributed by atoms with van der Waals surface area (Å²) >= 11 is 0. The minimum Gasteiger partial charge on any atom is -0.392 e. The number of aliphatic hydroxyl groups is 1. The molecule has 1 saturated heterocycles. The second-order valence-electron chi connectivity index (χ2n) is 6.24. The number of hydrogen-bond donors (Lipinski definition) is 2. The Labute approximate surface area is 126 Å². The summed E-state index contributed by atoms with van der Waals surface area (Å²) in [4.78, 5) is 14.2. The summed E-state index contributed by atoms with van der Waals surface area (Å²) in [5.41, 5.74) is 1.10. The first-order valence-corrected chi connectivity index (χ1v) is 7.66. The number of hydrogen-bond acceptors (Lipinski definition) is 4. The zero-order chi connectivity index (χ0) is 15.4. The molecule has 0 radical (unpaired) electrons. The monoisotopic (exact) mass is 294 g/mol. The number of piperidine rings is 1. The largest absolute Gasteiger partial charge is 0.392 e. The molecule has 1 fully saturated rings. The highest BCUT2D eigenvalue weighted by Gasteiger charge is 2.23. The van der Waals surface area contributed by atoms with E-state index in [9.17, 15) is 9.90 Å². The third-order valence-corrected chi connectivity index (χ3v) is 4.01. The summed E-state index contributed by atoms with van der Waals surface area (Å²) in [6, 6.07) is 0.144. The van der Waals surface area contributed by atoms with Crippen molar-refractivity contribution in [1.82, 2.24) is 15.1 Å². The van der Waals surface area contributed by atoms with Crippen molar-refractivity contribution < 1.29 is 9.90 Å². The maximum absolute atomic E-state index is 12.0. The van der Waals surface area contributed by atoms with Gasteiger partial charge in [-0.1, -0.05) is 13.8 Å². The van der Waals surface area contributed by atoms with E-state index in [0.29, 0.717) is 0 Å². The van der Waals surface area contributed by atoms with E-state index >= 15 is 0 Å². The van der Waals surface area contributed by atoms with Gasteiger partial charge in [-0.05, 0) is 18.8 Å². The van der Waals surface area contributed by atoms with E-state index in [1.54, 1.807) is 4.68 Å². The molecule has 1 aromatic heterocycles. The third kappa shape index (κ3) is 4.46. The Morgan fingerprint density at radius 1 is 1.57 bits per heavy atom. The third-order valence-electron chi connectivity index (χ3n) is 4.01. The van der Waals surface area contributed by atoms with Crippen LogP contribution in [0.2, 0.25) is 0 Å². The average Bonchev–Trinajstić information content (AvgIpc) is 2.85. The molecule has 2 atom stereocenters. The van der Waals surface area contributed by atoms with Crippen molar-refractivity contribution in [2.75, 3.05) is 18.0 Å². The van der Waals surface area contributed by atoms with Crippen LogP contribution in [-0.4, -0.2) is 46.0 Å². The first-order chi connectivity index (χ1) is 9.95. The number of aryl methyl sites for hydroxylation is 1. The molecule has 1 aliphatic rings. The molecular formula is C15H26N4O2. The van der Waals surface area contributed by atoms with Gasteiger partial charge in [-0.2, -0.15) is 5.10 Å². The number of amides is 1. The molecule has 0 aliphatic carbocycles. The van der Waals surface area contributed by atoms with Crippen molar-refractivity contribution in [3.05, 3.63) is 12.4 Å². The lowest BCUT2D eigenvalue weighted by Gasteiger charge is -2.34. The standard InChI is InChI=1S/C15H26N4O2/c1-11(2)14(20)7-15(21)17-12-5-4-6-19(9-12)13-8-16-18(3)10-13/h8,10-12,14,20H,4-7,9H2,1-3H3,(H,17,21). The predicted molar refractivity (Wildman–Crippen MR) is 82.0 cm³/mol. The van der Waals surface area contributed by atoms with Crippen LogP contribution in [0.15, 0.2) is 12.4 Å². The van der Waals surface area contributed by atoms with Crippen LogP contribution in [-0.2, 0) is 11.8 Å². The highest BCUT2D eigenvalue weighted by Crippen LogP contribution is 2.19. The van der Waals surface area contributed by atoms with Crippen LogP contribution in [0.3, 0.4) is 0 Å². The fraction of sp³-hybridized carbons (Fsp3) is 0.733. The Morgan fingerprint density at radius 3 is 2.95 bits per heavy atom. The number of aromatic nitrogens is 2. The van der Waals surface area contributed by atoms with Crippen molar-refractivity contribution in [2.45, 2.75) is 45.3 Å². The van der Waals surface area contributed by atoms with Crippen LogP contribution in [0.5, 0.6) is 0 Å². The lowest BCUT2D eigenvalue weighted by molar-refractivity contribution is -0.124. The number of rotatable bonds is 5. The van der Waals surface area contributed by atoms with Gasteiger partial charge in [-0.25, -0.2) is 0 Å². The highest BCUT2D eigenvalue weighted by atomic mass is 16.3. The van der Waals surface area contributed by atoms with Gasteiger partial charge in [-0.3, -0.25) is 9.48 Å². The van der Waals surface area contributed by atoms with Gasteiger partial charge in [0.15, 0.2) is 0 Å². The summed E-state index contributed by atoms with van der Waals surface area (Å²) in [5.74, 6) is 0.0447. The van der Waals surface area contributed by atoms with Gasteiger partial charge in [0.1, 0.15) is 0 Å². The van der Waals surface area contributed by atoms with Crippen LogP contribution in [0.1, 0.15) is 33.1 Å². The molecule has 2 rings (SSSR count). The maximum atomic E-state index is 12.0. The minimum absolute atomic E-state index is 0.0609. The molecule has 2 N–H and O–H groups in total. The van der Waals surface area contributed by atoms with Crippen LogP contribution in [0.4, 0.5) is 5.69 Å². The molecule has 0 aromatic carbocycles. The molecule has 0 spiro atoms. The van der Waals surface area contributed by atoms with Crippen molar-refractivity contribution in [3.63, 3.8) is 0 Å². The van der Waals surface area contributed by atoms with E-state index in [1.165, 1.54) is 0 Å². The Kier molecular flexibility index (Phi) is 5.22. The normalized spacial score (nSPS) is 20.6. The molecule has 118 valence electrons. The average molecular weight is 294 g/mol. The van der Waals surface area contributed by atoms with Crippen LogP contribution < -0.4 is 10.2 Å². The molecular weight excluding hydrogens is 268 g/mol. The first kappa shape index (κ1) is 15.8. The SMILES string of the molecule is CC(C)C(O)CC(=O)NC1CCCN(c2cnn(C)c2)C1. The fourth-order valence-electron chi connectivity index (χ4n) is 2.61. The lowest BCUT2D eigenvalue weighted by atomic mass is 10.0. The van der Waals surface area contributed by atoms with E-state index in [2.05, 4.69) is 15.3 Å². The number of aliphatic hydroxyl groups excluding tert-OH is 1. The van der Waals surface area contributed by atoms with Gasteiger partial charge in [0.2, 0.25) is 5.91 Å². The molecule has 21 heavy (non-hydrogen) atoms. The second kappa shape index (κ2) is 6.93. The number of anilines is 1. The van der Waals surface area contributed by atoms with Crippen LogP contribution >= 0.6 is 0 Å². The summed E-state index contributed by atoms with van der Waals surface area (Å²) in [5, 5.41) is 17.0. The zero-order valence-corrected chi connectivity index (χ0v) is 13.1. The molecule has 0 bridgehead atoms. The smallest absolute Gasteiger partial charge is 0.222 e. The minimum atomic E-state index is -0.567. The molecule has 1 amide bonds. The molecule has 6 nitrogen and oxygen atoms in total. The highest BCUT2D eigenvalue weighted by molar-refractivity contribution is 5.76. The lowest BCUT2D eigenvalue weighted by Crippen LogP contribution is -2.48. The van der Waals surface area contributed by atoms with Gasteiger partial charge in [0, 0.05) is 32.4 Å². The molecule has 2 heterocycles. The number of carbonyl (C=O) groups is 1. The molecule has 6 heteroatoms. The predicted octanol–water partition coefficient (Wildman–Crippen LogP) is 0.912. The Balaban J connectivity index is 1.85. The number of nitrogens with zero attached hydrogens (tertiary/aromatic N) is 3. The quantitative estimate of drug-likeness (QED) is 0.847. The summed E-state index contributed by atoms with van der Waals surface area (Å²) in [6.07, 6.45) is 5.50. The Hall–Kier alpha value is -1.56. The number of carbonyl (C=O) groups excluding carboxylic acids is 1. The summed E-state index contributed by atoms with van der Waals surface area (Å²) < 4.78 is 1.79. The molecule has 1 aromatic rings. The van der Waals surface area contributed by atoms with Crippen molar-refractivity contribution in [3.8, 4) is 0 Å². The van der Waals surface area contributed by atoms with Gasteiger partial charge < -0.3 is 15.3 Å². The van der Waals surface area contributed by atoms with Gasteiger partial charge in [0.25, 0.3) is 0 Å². The van der Waals surface area contributed by atoms with Crippen LogP contribution in [0.25, 0.3) is 0 Å². The fourth-order valence-corrected chi connectivity index (χ4v) is 2.61. The van der Waals surface area contributed by atoms with Crippen molar-refractivity contribution in [2.24, 2.45) is 13.0 Å². The van der Waals surface area contributed by atoms with E-state index in [-0.39, 0.29) is 24.3 Å². The summed E-state index contributed by atoms with van der Waals surface area (Å²) in [6.45, 7) is 5.63. The van der Waals surface area contributed by atoms with Crippen LogP contribution in [0, 0.1) is 5.92 Å². The second-order valence-corrected chi connectivity index (χ2v) is 6.24. The summed E-state index contributed by atoms with van der Waals surface area (Å²) in [7, 11) is 1.90. The molecule has 2 unspecified atom stereocenters. The molecule has 0 saturated carbocycles. The van der Waals surface area contributed by atoms with Gasteiger partial charge >= 0.3 is 0 Å². The van der Waals surface area contributed by atoms with Crippen molar-refractivity contribution in [1.29, 1.82) is 0 Å². The van der Waals surface area contributed by atoms with E-state index in [4.69, 9.17) is 0 Å².